The number of ether oxygens (including phenoxy) is 1. The van der Waals surface area contributed by atoms with Gasteiger partial charge in [0.2, 0.25) is 0 Å². The summed E-state index contributed by atoms with van der Waals surface area (Å²) < 4.78 is 5.94. The molecule has 0 aromatic heterocycles. The topological polar surface area (TPSA) is 32.8 Å². The van der Waals surface area contributed by atoms with Crippen molar-refractivity contribution >= 4 is 17.3 Å². The molecule has 1 unspecified atom stereocenters. The van der Waals surface area contributed by atoms with Gasteiger partial charge >= 0.3 is 0 Å². The Bertz CT molecular complexity index is 757. The first-order valence-corrected chi connectivity index (χ1v) is 10.1. The van der Waals surface area contributed by atoms with Crippen LogP contribution in [0.15, 0.2) is 48.5 Å². The van der Waals surface area contributed by atoms with Crippen LogP contribution in [0, 0.1) is 0 Å². The number of rotatable bonds is 4. The van der Waals surface area contributed by atoms with E-state index in [-0.39, 0.29) is 5.91 Å². The molecule has 2 aliphatic heterocycles. The Labute approximate surface area is 161 Å². The number of fused-ring (bicyclic) bond motifs is 2. The lowest BCUT2D eigenvalue weighted by molar-refractivity contribution is -0.135. The van der Waals surface area contributed by atoms with Gasteiger partial charge in [0.15, 0.2) is 0 Å². The highest BCUT2D eigenvalue weighted by Gasteiger charge is 2.34. The van der Waals surface area contributed by atoms with Crippen LogP contribution >= 0.6 is 0 Å². The van der Waals surface area contributed by atoms with Gasteiger partial charge in [0.05, 0.1) is 18.0 Å². The summed E-state index contributed by atoms with van der Waals surface area (Å²) in [5.41, 5.74) is 4.45. The van der Waals surface area contributed by atoms with Crippen LogP contribution in [-0.2, 0) is 22.4 Å². The molecule has 1 fully saturated rings. The highest BCUT2D eigenvalue weighted by atomic mass is 16.5. The zero-order chi connectivity index (χ0) is 18.6. The molecule has 2 aromatic rings. The molecule has 1 atom stereocenters. The second kappa shape index (κ2) is 8.24. The Morgan fingerprint density at radius 3 is 2.30 bits per heavy atom. The van der Waals surface area contributed by atoms with Gasteiger partial charge in [-0.3, -0.25) is 14.6 Å². The first-order valence-electron chi connectivity index (χ1n) is 10.1. The fourth-order valence-corrected chi connectivity index (χ4v) is 4.10. The third-order valence-corrected chi connectivity index (χ3v) is 5.60. The number of unbranched alkanes of at least 4 members (excludes halogenated alkanes) is 1. The predicted octanol–water partition coefficient (Wildman–Crippen LogP) is 3.95. The Hall–Kier alpha value is -2.17. The summed E-state index contributed by atoms with van der Waals surface area (Å²) in [6.07, 6.45) is 3.82. The third-order valence-electron chi connectivity index (χ3n) is 5.60. The van der Waals surface area contributed by atoms with E-state index < -0.39 is 6.10 Å². The van der Waals surface area contributed by atoms with Crippen LogP contribution in [0.25, 0.3) is 0 Å². The van der Waals surface area contributed by atoms with Crippen LogP contribution in [0.3, 0.4) is 0 Å². The normalized spacial score (nSPS) is 19.9. The number of amides is 1. The van der Waals surface area contributed by atoms with E-state index in [1.54, 1.807) is 0 Å². The minimum atomic E-state index is -0.408. The van der Waals surface area contributed by atoms with Crippen LogP contribution in [-0.4, -0.2) is 43.2 Å². The second-order valence-electron chi connectivity index (χ2n) is 7.44. The number of carbonyl (C=O) groups is 1. The standard InChI is InChI=1S/C23H28N2O2/c1-2-3-14-24-15-16-27-22(17-24)23(26)25-20-10-6-4-8-18(20)12-13-19-9-5-7-11-21(19)25/h4-11,22H,2-3,12-17H2,1H3. The van der Waals surface area contributed by atoms with E-state index >= 15 is 0 Å². The minimum Gasteiger partial charge on any atom is -0.366 e. The molecule has 1 saturated heterocycles. The van der Waals surface area contributed by atoms with E-state index in [0.717, 1.165) is 43.7 Å². The molecular formula is C23H28N2O2. The Morgan fingerprint density at radius 1 is 1.04 bits per heavy atom. The van der Waals surface area contributed by atoms with Crippen molar-refractivity contribution in [2.75, 3.05) is 31.1 Å². The molecular weight excluding hydrogens is 336 g/mol. The van der Waals surface area contributed by atoms with E-state index in [1.807, 2.05) is 17.0 Å². The Kier molecular flexibility index (Phi) is 5.55. The smallest absolute Gasteiger partial charge is 0.262 e. The molecule has 4 heteroatoms. The summed E-state index contributed by atoms with van der Waals surface area (Å²) >= 11 is 0. The molecule has 0 N–H and O–H groups in total. The maximum atomic E-state index is 13.6. The molecule has 4 rings (SSSR count). The number of aryl methyl sites for hydroxylation is 2. The summed E-state index contributed by atoms with van der Waals surface area (Å²) in [6.45, 7) is 5.46. The number of carbonyl (C=O) groups excluding carboxylic acids is 1. The number of para-hydroxylation sites is 2. The van der Waals surface area contributed by atoms with Gasteiger partial charge in [-0.05, 0) is 49.1 Å². The monoisotopic (exact) mass is 364 g/mol. The van der Waals surface area contributed by atoms with Gasteiger partial charge in [-0.15, -0.1) is 0 Å². The van der Waals surface area contributed by atoms with E-state index in [4.69, 9.17) is 4.74 Å². The highest BCUT2D eigenvalue weighted by Crippen LogP contribution is 2.36. The van der Waals surface area contributed by atoms with Crippen molar-refractivity contribution in [3.05, 3.63) is 59.7 Å². The van der Waals surface area contributed by atoms with Gasteiger partial charge < -0.3 is 4.74 Å². The molecule has 2 heterocycles. The van der Waals surface area contributed by atoms with E-state index in [1.165, 1.54) is 17.5 Å². The molecule has 0 aliphatic carbocycles. The lowest BCUT2D eigenvalue weighted by Gasteiger charge is -2.35. The molecule has 1 amide bonds. The van der Waals surface area contributed by atoms with Crippen molar-refractivity contribution in [2.24, 2.45) is 0 Å². The van der Waals surface area contributed by atoms with E-state index in [9.17, 15) is 4.79 Å². The quantitative estimate of drug-likeness (QED) is 0.823. The fraction of sp³-hybridized carbons (Fsp3) is 0.435. The van der Waals surface area contributed by atoms with Gasteiger partial charge in [-0.1, -0.05) is 49.7 Å². The van der Waals surface area contributed by atoms with E-state index in [0.29, 0.717) is 13.2 Å². The molecule has 142 valence electrons. The van der Waals surface area contributed by atoms with Gasteiger partial charge in [0.1, 0.15) is 6.10 Å². The maximum Gasteiger partial charge on any atom is 0.262 e. The average Bonchev–Trinajstić information content (AvgIpc) is 2.89. The lowest BCUT2D eigenvalue weighted by Crippen LogP contribution is -2.50. The molecule has 0 saturated carbocycles. The van der Waals surface area contributed by atoms with Crippen molar-refractivity contribution in [1.29, 1.82) is 0 Å². The highest BCUT2D eigenvalue weighted by molar-refractivity contribution is 6.04. The lowest BCUT2D eigenvalue weighted by atomic mass is 10.0. The van der Waals surface area contributed by atoms with Crippen molar-refractivity contribution in [1.82, 2.24) is 4.90 Å². The van der Waals surface area contributed by atoms with Crippen molar-refractivity contribution in [2.45, 2.75) is 38.7 Å². The Balaban J connectivity index is 1.66. The van der Waals surface area contributed by atoms with E-state index in [2.05, 4.69) is 48.2 Å². The van der Waals surface area contributed by atoms with Crippen LogP contribution < -0.4 is 4.90 Å². The molecule has 2 aromatic carbocycles. The minimum absolute atomic E-state index is 0.0537. The molecule has 2 aliphatic rings. The molecule has 4 nitrogen and oxygen atoms in total. The van der Waals surface area contributed by atoms with Gasteiger partial charge in [0, 0.05) is 13.1 Å². The number of anilines is 2. The first-order chi connectivity index (χ1) is 13.3. The van der Waals surface area contributed by atoms with Gasteiger partial charge in [-0.25, -0.2) is 0 Å². The summed E-state index contributed by atoms with van der Waals surface area (Å²) in [4.78, 5) is 17.9. The first kappa shape index (κ1) is 18.2. The van der Waals surface area contributed by atoms with Crippen LogP contribution in [0.5, 0.6) is 0 Å². The number of hydrogen-bond donors (Lipinski definition) is 0. The number of hydrogen-bond acceptors (Lipinski definition) is 3. The molecule has 0 spiro atoms. The van der Waals surface area contributed by atoms with Crippen molar-refractivity contribution in [3.8, 4) is 0 Å². The van der Waals surface area contributed by atoms with Gasteiger partial charge in [-0.2, -0.15) is 0 Å². The van der Waals surface area contributed by atoms with Crippen LogP contribution in [0.4, 0.5) is 11.4 Å². The second-order valence-corrected chi connectivity index (χ2v) is 7.44. The fourth-order valence-electron chi connectivity index (χ4n) is 4.10. The molecule has 0 bridgehead atoms. The number of nitrogens with zero attached hydrogens (tertiary/aromatic N) is 2. The average molecular weight is 364 g/mol. The zero-order valence-electron chi connectivity index (χ0n) is 16.1. The summed E-state index contributed by atoms with van der Waals surface area (Å²) in [5.74, 6) is 0.0537. The van der Waals surface area contributed by atoms with Gasteiger partial charge in [0.25, 0.3) is 5.91 Å². The Morgan fingerprint density at radius 2 is 1.67 bits per heavy atom. The third kappa shape index (κ3) is 3.78. The molecule has 0 radical (unpaired) electrons. The van der Waals surface area contributed by atoms with Crippen LogP contribution in [0.2, 0.25) is 0 Å². The number of morpholine rings is 1. The number of benzene rings is 2. The molecule has 27 heavy (non-hydrogen) atoms. The van der Waals surface area contributed by atoms with Crippen molar-refractivity contribution in [3.63, 3.8) is 0 Å². The largest absolute Gasteiger partial charge is 0.366 e. The van der Waals surface area contributed by atoms with Crippen LogP contribution in [0.1, 0.15) is 30.9 Å². The predicted molar refractivity (Wildman–Crippen MR) is 109 cm³/mol. The SMILES string of the molecule is CCCCN1CCOC(C(=O)N2c3ccccc3CCc3ccccc32)C1. The zero-order valence-corrected chi connectivity index (χ0v) is 16.1. The summed E-state index contributed by atoms with van der Waals surface area (Å²) in [6, 6.07) is 16.5. The summed E-state index contributed by atoms with van der Waals surface area (Å²) in [5, 5.41) is 0. The summed E-state index contributed by atoms with van der Waals surface area (Å²) in [7, 11) is 0. The van der Waals surface area contributed by atoms with Crippen molar-refractivity contribution < 1.29 is 9.53 Å². The maximum absolute atomic E-state index is 13.6.